The first-order chi connectivity index (χ1) is 10.7. The van der Waals surface area contributed by atoms with Crippen LogP contribution in [-0.4, -0.2) is 38.8 Å². The molecule has 0 aromatic heterocycles. The van der Waals surface area contributed by atoms with Crippen molar-refractivity contribution in [3.63, 3.8) is 0 Å². The Balaban J connectivity index is 1.76. The summed E-state index contributed by atoms with van der Waals surface area (Å²) in [5.41, 5.74) is 1.19. The lowest BCUT2D eigenvalue weighted by molar-refractivity contribution is -0.122. The molecule has 1 amide bonds. The van der Waals surface area contributed by atoms with Crippen LogP contribution in [0.2, 0.25) is 0 Å². The summed E-state index contributed by atoms with van der Waals surface area (Å²) in [7, 11) is 1.64. The minimum atomic E-state index is 0.00513. The van der Waals surface area contributed by atoms with E-state index in [-0.39, 0.29) is 11.9 Å². The highest BCUT2D eigenvalue weighted by atomic mass is 16.5. The summed E-state index contributed by atoms with van der Waals surface area (Å²) in [5.74, 6) is 1.66. The van der Waals surface area contributed by atoms with E-state index in [1.165, 1.54) is 5.56 Å². The monoisotopic (exact) mass is 306 g/mol. The molecule has 5 nitrogen and oxygen atoms in total. The molecule has 1 aromatic carbocycles. The molecule has 1 aromatic rings. The molecule has 0 aliphatic carbocycles. The van der Waals surface area contributed by atoms with Crippen LogP contribution in [0.5, 0.6) is 11.5 Å². The van der Waals surface area contributed by atoms with Crippen molar-refractivity contribution in [3.8, 4) is 11.5 Å². The molecule has 1 saturated heterocycles. The molecule has 22 heavy (non-hydrogen) atoms. The summed E-state index contributed by atoms with van der Waals surface area (Å²) in [6.07, 6.45) is 3.85. The first-order valence-electron chi connectivity index (χ1n) is 8.05. The van der Waals surface area contributed by atoms with Crippen LogP contribution in [0.15, 0.2) is 18.2 Å². The van der Waals surface area contributed by atoms with Crippen molar-refractivity contribution in [2.75, 3.05) is 26.8 Å². The van der Waals surface area contributed by atoms with E-state index < -0.39 is 0 Å². The van der Waals surface area contributed by atoms with Gasteiger partial charge in [-0.25, -0.2) is 0 Å². The van der Waals surface area contributed by atoms with Crippen LogP contribution in [0.3, 0.4) is 0 Å². The predicted molar refractivity (Wildman–Crippen MR) is 86.5 cm³/mol. The fraction of sp³-hybridized carbons (Fsp3) is 0.588. The number of benzene rings is 1. The van der Waals surface area contributed by atoms with Crippen molar-refractivity contribution >= 4 is 5.91 Å². The second kappa shape index (κ2) is 8.63. The minimum Gasteiger partial charge on any atom is -0.493 e. The largest absolute Gasteiger partial charge is 0.493 e. The highest BCUT2D eigenvalue weighted by molar-refractivity contribution is 5.81. The Morgan fingerprint density at radius 3 is 2.95 bits per heavy atom. The lowest BCUT2D eigenvalue weighted by atomic mass is 10.1. The quantitative estimate of drug-likeness (QED) is 0.720. The molecule has 1 atom stereocenters. The van der Waals surface area contributed by atoms with Crippen LogP contribution in [0.25, 0.3) is 0 Å². The number of carbonyl (C=O) groups is 1. The zero-order valence-electron chi connectivity index (χ0n) is 13.5. The van der Waals surface area contributed by atoms with Gasteiger partial charge in [0.15, 0.2) is 11.5 Å². The molecule has 1 unspecified atom stereocenters. The Kier molecular flexibility index (Phi) is 6.52. The van der Waals surface area contributed by atoms with Crippen LogP contribution in [0, 0.1) is 0 Å². The van der Waals surface area contributed by atoms with Crippen molar-refractivity contribution in [3.05, 3.63) is 23.8 Å². The average molecular weight is 306 g/mol. The van der Waals surface area contributed by atoms with Crippen molar-refractivity contribution in [2.24, 2.45) is 0 Å². The molecule has 2 rings (SSSR count). The number of amides is 1. The molecule has 0 spiro atoms. The number of methoxy groups -OCH3 is 1. The number of ether oxygens (including phenoxy) is 2. The van der Waals surface area contributed by atoms with E-state index in [0.29, 0.717) is 13.2 Å². The lowest BCUT2D eigenvalue weighted by Gasteiger charge is -2.12. The van der Waals surface area contributed by atoms with Gasteiger partial charge in [-0.15, -0.1) is 0 Å². The Labute approximate surface area is 132 Å². The molecule has 1 aliphatic rings. The normalized spacial score (nSPS) is 17.3. The molecule has 1 fully saturated rings. The molecule has 0 saturated carbocycles. The zero-order chi connectivity index (χ0) is 15.8. The third-order valence-electron chi connectivity index (χ3n) is 3.85. The molecule has 0 bridgehead atoms. The molecular weight excluding hydrogens is 280 g/mol. The van der Waals surface area contributed by atoms with E-state index in [1.807, 2.05) is 25.1 Å². The van der Waals surface area contributed by atoms with Gasteiger partial charge in [-0.3, -0.25) is 4.79 Å². The maximum atomic E-state index is 11.9. The summed E-state index contributed by atoms with van der Waals surface area (Å²) >= 11 is 0. The Bertz CT molecular complexity index is 485. The molecule has 122 valence electrons. The van der Waals surface area contributed by atoms with Crippen LogP contribution in [-0.2, 0) is 11.2 Å². The van der Waals surface area contributed by atoms with Crippen LogP contribution < -0.4 is 20.1 Å². The molecular formula is C17H26N2O3. The third-order valence-corrected chi connectivity index (χ3v) is 3.85. The number of hydrogen-bond donors (Lipinski definition) is 2. The highest BCUT2D eigenvalue weighted by Crippen LogP contribution is 2.28. The molecule has 1 heterocycles. The van der Waals surface area contributed by atoms with Crippen molar-refractivity contribution in [1.29, 1.82) is 0 Å². The van der Waals surface area contributed by atoms with Gasteiger partial charge >= 0.3 is 0 Å². The van der Waals surface area contributed by atoms with Crippen LogP contribution >= 0.6 is 0 Å². The fourth-order valence-electron chi connectivity index (χ4n) is 2.68. The Morgan fingerprint density at radius 1 is 1.41 bits per heavy atom. The smallest absolute Gasteiger partial charge is 0.237 e. The first kappa shape index (κ1) is 16.6. The van der Waals surface area contributed by atoms with Crippen LogP contribution in [0.1, 0.15) is 31.7 Å². The SMILES string of the molecule is CCOc1cc(CCCNC(=O)C2CCCN2)ccc1OC. The van der Waals surface area contributed by atoms with Gasteiger partial charge in [0.05, 0.1) is 19.8 Å². The Morgan fingerprint density at radius 2 is 2.27 bits per heavy atom. The predicted octanol–water partition coefficient (Wildman–Crippen LogP) is 1.89. The van der Waals surface area contributed by atoms with E-state index in [4.69, 9.17) is 9.47 Å². The summed E-state index contributed by atoms with van der Waals surface area (Å²) in [6, 6.07) is 6.00. The zero-order valence-corrected chi connectivity index (χ0v) is 13.5. The standard InChI is InChI=1S/C17H26N2O3/c1-3-22-16-12-13(8-9-15(16)21-2)6-4-11-19-17(20)14-7-5-10-18-14/h8-9,12,14,18H,3-7,10-11H2,1-2H3,(H,19,20). The van der Waals surface area contributed by atoms with Gasteiger partial charge in [0.2, 0.25) is 5.91 Å². The number of nitrogens with one attached hydrogen (secondary N) is 2. The topological polar surface area (TPSA) is 59.6 Å². The van der Waals surface area contributed by atoms with Gasteiger partial charge in [0.1, 0.15) is 0 Å². The van der Waals surface area contributed by atoms with Crippen molar-refractivity contribution < 1.29 is 14.3 Å². The third kappa shape index (κ3) is 4.63. The number of carbonyl (C=O) groups excluding carboxylic acids is 1. The molecule has 2 N–H and O–H groups in total. The van der Waals surface area contributed by atoms with Gasteiger partial charge in [-0.1, -0.05) is 6.07 Å². The minimum absolute atomic E-state index is 0.00513. The van der Waals surface area contributed by atoms with E-state index in [9.17, 15) is 4.79 Å². The summed E-state index contributed by atoms with van der Waals surface area (Å²) in [5, 5.41) is 6.21. The highest BCUT2D eigenvalue weighted by Gasteiger charge is 2.21. The van der Waals surface area contributed by atoms with E-state index in [0.717, 1.165) is 43.7 Å². The maximum absolute atomic E-state index is 11.9. The molecule has 0 radical (unpaired) electrons. The fourth-order valence-corrected chi connectivity index (χ4v) is 2.68. The molecule has 5 heteroatoms. The number of rotatable bonds is 8. The summed E-state index contributed by atoms with van der Waals surface area (Å²) in [4.78, 5) is 11.9. The number of aryl methyl sites for hydroxylation is 1. The summed E-state index contributed by atoms with van der Waals surface area (Å²) < 4.78 is 10.9. The van der Waals surface area contributed by atoms with E-state index in [2.05, 4.69) is 10.6 Å². The first-order valence-corrected chi connectivity index (χ1v) is 8.05. The van der Waals surface area contributed by atoms with Gasteiger partial charge in [0.25, 0.3) is 0 Å². The van der Waals surface area contributed by atoms with Gasteiger partial charge in [0, 0.05) is 6.54 Å². The van der Waals surface area contributed by atoms with E-state index in [1.54, 1.807) is 7.11 Å². The van der Waals surface area contributed by atoms with Crippen molar-refractivity contribution in [1.82, 2.24) is 10.6 Å². The van der Waals surface area contributed by atoms with Crippen LogP contribution in [0.4, 0.5) is 0 Å². The van der Waals surface area contributed by atoms with Gasteiger partial charge in [-0.2, -0.15) is 0 Å². The van der Waals surface area contributed by atoms with Gasteiger partial charge in [-0.05, 0) is 56.8 Å². The van der Waals surface area contributed by atoms with E-state index >= 15 is 0 Å². The maximum Gasteiger partial charge on any atom is 0.237 e. The second-order valence-corrected chi connectivity index (χ2v) is 5.46. The van der Waals surface area contributed by atoms with Crippen molar-refractivity contribution in [2.45, 2.75) is 38.6 Å². The summed E-state index contributed by atoms with van der Waals surface area (Å²) in [6.45, 7) is 4.22. The molecule has 1 aliphatic heterocycles. The number of hydrogen-bond acceptors (Lipinski definition) is 4. The van der Waals surface area contributed by atoms with Gasteiger partial charge < -0.3 is 20.1 Å². The average Bonchev–Trinajstić information content (AvgIpc) is 3.06. The lowest BCUT2D eigenvalue weighted by Crippen LogP contribution is -2.40. The Hall–Kier alpha value is -1.75. The second-order valence-electron chi connectivity index (χ2n) is 5.46.